The van der Waals surface area contributed by atoms with E-state index in [0.29, 0.717) is 19.6 Å². The third kappa shape index (κ3) is 4.65. The average molecular weight is 385 g/mol. The SMILES string of the molecule is CC1CNCCN1C(=O)C1CCCN(C(=O)Nc2ccccc2F)C1.Cl. The number of nitrogens with one attached hydrogen (secondary N) is 2. The molecule has 2 heterocycles. The second-order valence-corrected chi connectivity index (χ2v) is 6.78. The lowest BCUT2D eigenvalue weighted by Gasteiger charge is -2.39. The summed E-state index contributed by atoms with van der Waals surface area (Å²) in [6.07, 6.45) is 1.57. The van der Waals surface area contributed by atoms with Crippen LogP contribution in [0.5, 0.6) is 0 Å². The summed E-state index contributed by atoms with van der Waals surface area (Å²) in [5.74, 6) is -0.520. The topological polar surface area (TPSA) is 64.7 Å². The largest absolute Gasteiger partial charge is 0.337 e. The minimum absolute atomic E-state index is 0. The quantitative estimate of drug-likeness (QED) is 0.822. The molecule has 2 unspecified atom stereocenters. The van der Waals surface area contributed by atoms with E-state index >= 15 is 0 Å². The van der Waals surface area contributed by atoms with Gasteiger partial charge < -0.3 is 20.4 Å². The molecule has 2 fully saturated rings. The molecule has 1 aromatic carbocycles. The number of rotatable bonds is 2. The van der Waals surface area contributed by atoms with E-state index in [-0.39, 0.29) is 42.0 Å². The van der Waals surface area contributed by atoms with Crippen LogP contribution in [0.15, 0.2) is 24.3 Å². The van der Waals surface area contributed by atoms with E-state index in [4.69, 9.17) is 0 Å². The van der Waals surface area contributed by atoms with E-state index < -0.39 is 5.82 Å². The van der Waals surface area contributed by atoms with Crippen LogP contribution in [0.1, 0.15) is 19.8 Å². The molecule has 2 aliphatic rings. The highest BCUT2D eigenvalue weighted by atomic mass is 35.5. The highest BCUT2D eigenvalue weighted by Gasteiger charge is 2.33. The van der Waals surface area contributed by atoms with Gasteiger partial charge in [-0.25, -0.2) is 9.18 Å². The van der Waals surface area contributed by atoms with Gasteiger partial charge in [-0.3, -0.25) is 4.79 Å². The molecule has 1 aromatic rings. The Morgan fingerprint density at radius 1 is 1.27 bits per heavy atom. The van der Waals surface area contributed by atoms with Crippen LogP contribution in [0.3, 0.4) is 0 Å². The number of nitrogens with zero attached hydrogens (tertiary/aromatic N) is 2. The molecule has 0 aromatic heterocycles. The van der Waals surface area contributed by atoms with Crippen molar-refractivity contribution in [3.8, 4) is 0 Å². The Morgan fingerprint density at radius 3 is 2.77 bits per heavy atom. The molecule has 3 amide bonds. The van der Waals surface area contributed by atoms with Crippen molar-refractivity contribution in [1.29, 1.82) is 0 Å². The predicted molar refractivity (Wildman–Crippen MR) is 101 cm³/mol. The molecule has 144 valence electrons. The van der Waals surface area contributed by atoms with Crippen LogP contribution in [0, 0.1) is 11.7 Å². The fourth-order valence-corrected chi connectivity index (χ4v) is 3.52. The molecule has 0 saturated carbocycles. The summed E-state index contributed by atoms with van der Waals surface area (Å²) in [6.45, 7) is 5.32. The molecule has 3 rings (SSSR count). The molecule has 2 aliphatic heterocycles. The van der Waals surface area contributed by atoms with Crippen molar-refractivity contribution in [2.75, 3.05) is 38.0 Å². The lowest BCUT2D eigenvalue weighted by atomic mass is 9.95. The highest BCUT2D eigenvalue weighted by molar-refractivity contribution is 5.90. The number of piperazine rings is 1. The lowest BCUT2D eigenvalue weighted by Crippen LogP contribution is -2.56. The first-order valence-corrected chi connectivity index (χ1v) is 8.88. The average Bonchev–Trinajstić information content (AvgIpc) is 2.63. The van der Waals surface area contributed by atoms with Crippen molar-refractivity contribution in [3.63, 3.8) is 0 Å². The predicted octanol–water partition coefficient (Wildman–Crippen LogP) is 2.31. The van der Waals surface area contributed by atoms with Crippen molar-refractivity contribution in [2.45, 2.75) is 25.8 Å². The van der Waals surface area contributed by atoms with Gasteiger partial charge in [-0.05, 0) is 31.9 Å². The number of piperidine rings is 1. The molecule has 2 atom stereocenters. The minimum Gasteiger partial charge on any atom is -0.337 e. The van der Waals surface area contributed by atoms with Crippen molar-refractivity contribution >= 4 is 30.0 Å². The second-order valence-electron chi connectivity index (χ2n) is 6.78. The Kier molecular flexibility index (Phi) is 7.23. The number of hydrogen-bond acceptors (Lipinski definition) is 3. The van der Waals surface area contributed by atoms with Gasteiger partial charge in [0.15, 0.2) is 0 Å². The maximum absolute atomic E-state index is 13.7. The van der Waals surface area contributed by atoms with Crippen molar-refractivity contribution in [1.82, 2.24) is 15.1 Å². The molecule has 26 heavy (non-hydrogen) atoms. The number of anilines is 1. The van der Waals surface area contributed by atoms with Gasteiger partial charge in [-0.2, -0.15) is 0 Å². The zero-order valence-electron chi connectivity index (χ0n) is 14.9. The Labute approximate surface area is 159 Å². The summed E-state index contributed by atoms with van der Waals surface area (Å²) in [4.78, 5) is 28.8. The Hall–Kier alpha value is -1.86. The number of para-hydroxylation sites is 1. The number of amides is 3. The number of hydrogen-bond donors (Lipinski definition) is 2. The molecule has 0 radical (unpaired) electrons. The number of carbonyl (C=O) groups excluding carboxylic acids is 2. The third-order valence-electron chi connectivity index (χ3n) is 4.96. The minimum atomic E-state index is -0.463. The smallest absolute Gasteiger partial charge is 0.321 e. The zero-order valence-corrected chi connectivity index (χ0v) is 15.7. The number of halogens is 2. The van der Waals surface area contributed by atoms with Crippen LogP contribution in [0.2, 0.25) is 0 Å². The molecular formula is C18H26ClFN4O2. The summed E-state index contributed by atoms with van der Waals surface area (Å²) in [5.41, 5.74) is 0.164. The van der Waals surface area contributed by atoms with Gasteiger partial charge in [0, 0.05) is 38.8 Å². The molecular weight excluding hydrogens is 359 g/mol. The number of carbonyl (C=O) groups is 2. The van der Waals surface area contributed by atoms with Gasteiger partial charge in [0.2, 0.25) is 5.91 Å². The van der Waals surface area contributed by atoms with Crippen LogP contribution >= 0.6 is 12.4 Å². The van der Waals surface area contributed by atoms with Gasteiger partial charge in [0.05, 0.1) is 11.6 Å². The molecule has 2 N–H and O–H groups in total. The second kappa shape index (κ2) is 9.19. The number of benzene rings is 1. The summed E-state index contributed by atoms with van der Waals surface area (Å²) in [5, 5.41) is 5.88. The Morgan fingerprint density at radius 2 is 2.04 bits per heavy atom. The van der Waals surface area contributed by atoms with Crippen LogP contribution in [-0.2, 0) is 4.79 Å². The van der Waals surface area contributed by atoms with Crippen molar-refractivity contribution in [2.24, 2.45) is 5.92 Å². The standard InChI is InChI=1S/C18H25FN4O2.ClH/c1-13-11-20-8-10-23(13)17(24)14-5-4-9-22(12-14)18(25)21-16-7-3-2-6-15(16)19;/h2-3,6-7,13-14,20H,4-5,8-12H2,1H3,(H,21,25);1H. The molecule has 2 saturated heterocycles. The molecule has 0 bridgehead atoms. The highest BCUT2D eigenvalue weighted by Crippen LogP contribution is 2.22. The summed E-state index contributed by atoms with van der Waals surface area (Å²) >= 11 is 0. The van der Waals surface area contributed by atoms with Crippen LogP contribution in [-0.4, -0.2) is 60.5 Å². The lowest BCUT2D eigenvalue weighted by molar-refractivity contribution is -0.139. The third-order valence-corrected chi connectivity index (χ3v) is 4.96. The molecule has 8 heteroatoms. The summed E-state index contributed by atoms with van der Waals surface area (Å²) in [6, 6.07) is 5.91. The fourth-order valence-electron chi connectivity index (χ4n) is 3.52. The molecule has 0 spiro atoms. The van der Waals surface area contributed by atoms with Crippen LogP contribution in [0.4, 0.5) is 14.9 Å². The van der Waals surface area contributed by atoms with Gasteiger partial charge >= 0.3 is 6.03 Å². The summed E-state index contributed by atoms with van der Waals surface area (Å²) in [7, 11) is 0. The van der Waals surface area contributed by atoms with E-state index in [9.17, 15) is 14.0 Å². The van der Waals surface area contributed by atoms with E-state index in [0.717, 1.165) is 25.9 Å². The van der Waals surface area contributed by atoms with E-state index in [2.05, 4.69) is 10.6 Å². The molecule has 6 nitrogen and oxygen atoms in total. The normalized spacial score (nSPS) is 23.2. The maximum atomic E-state index is 13.7. The van der Waals surface area contributed by atoms with Gasteiger partial charge in [0.25, 0.3) is 0 Å². The van der Waals surface area contributed by atoms with Crippen molar-refractivity contribution in [3.05, 3.63) is 30.1 Å². The first-order chi connectivity index (χ1) is 12.1. The van der Waals surface area contributed by atoms with Gasteiger partial charge in [-0.1, -0.05) is 12.1 Å². The Bertz CT molecular complexity index is 645. The van der Waals surface area contributed by atoms with Crippen LogP contribution in [0.25, 0.3) is 0 Å². The van der Waals surface area contributed by atoms with Gasteiger partial charge in [-0.15, -0.1) is 12.4 Å². The van der Waals surface area contributed by atoms with Gasteiger partial charge in [0.1, 0.15) is 5.82 Å². The van der Waals surface area contributed by atoms with Crippen LogP contribution < -0.4 is 10.6 Å². The fraction of sp³-hybridized carbons (Fsp3) is 0.556. The first kappa shape index (κ1) is 20.5. The number of likely N-dealkylation sites (tertiary alicyclic amines) is 1. The monoisotopic (exact) mass is 384 g/mol. The zero-order chi connectivity index (χ0) is 17.8. The van der Waals surface area contributed by atoms with E-state index in [1.165, 1.54) is 12.1 Å². The Balaban J connectivity index is 0.00000243. The first-order valence-electron chi connectivity index (χ1n) is 8.88. The van der Waals surface area contributed by atoms with E-state index in [1.54, 1.807) is 17.0 Å². The number of urea groups is 1. The van der Waals surface area contributed by atoms with E-state index in [1.807, 2.05) is 11.8 Å². The summed E-state index contributed by atoms with van der Waals surface area (Å²) < 4.78 is 13.7. The maximum Gasteiger partial charge on any atom is 0.321 e. The molecule has 0 aliphatic carbocycles. The van der Waals surface area contributed by atoms with Crippen molar-refractivity contribution < 1.29 is 14.0 Å².